The zero-order valence-corrected chi connectivity index (χ0v) is 24.9. The highest BCUT2D eigenvalue weighted by molar-refractivity contribution is 5.97. The van der Waals surface area contributed by atoms with Gasteiger partial charge in [0.05, 0.1) is 5.52 Å². The average Bonchev–Trinajstić information content (AvgIpc) is 3.32. The van der Waals surface area contributed by atoms with Crippen LogP contribution in [-0.4, -0.2) is 25.0 Å². The van der Waals surface area contributed by atoms with E-state index in [1.54, 1.807) is 6.07 Å². The lowest BCUT2D eigenvalue weighted by molar-refractivity contribution is 0.441. The predicted octanol–water partition coefficient (Wildman–Crippen LogP) is 9.05. The summed E-state index contributed by atoms with van der Waals surface area (Å²) in [6, 6.07) is 31.5. The van der Waals surface area contributed by atoms with Crippen LogP contribution in [0.2, 0.25) is 0 Å². The lowest BCUT2D eigenvalue weighted by Crippen LogP contribution is -2.18. The van der Waals surface area contributed by atoms with E-state index in [9.17, 15) is 10.2 Å². The summed E-state index contributed by atoms with van der Waals surface area (Å²) in [7, 11) is 0. The monoisotopic (exact) mass is 556 g/mol. The van der Waals surface area contributed by atoms with Crippen molar-refractivity contribution in [2.75, 3.05) is 4.90 Å². The number of rotatable bonds is 4. The van der Waals surface area contributed by atoms with Gasteiger partial charge in [-0.3, -0.25) is 4.90 Å². The predicted molar refractivity (Wildman–Crippen MR) is 172 cm³/mol. The summed E-state index contributed by atoms with van der Waals surface area (Å²) in [6.45, 7) is 12.9. The van der Waals surface area contributed by atoms with Gasteiger partial charge in [-0.2, -0.15) is 0 Å². The van der Waals surface area contributed by atoms with Gasteiger partial charge in [-0.25, -0.2) is 9.67 Å². The summed E-state index contributed by atoms with van der Waals surface area (Å²) in [5.41, 5.74) is 4.46. The molecule has 0 amide bonds. The van der Waals surface area contributed by atoms with Crippen LogP contribution >= 0.6 is 0 Å². The highest BCUT2D eigenvalue weighted by Gasteiger charge is 2.28. The van der Waals surface area contributed by atoms with Crippen LogP contribution in [0.25, 0.3) is 27.5 Å². The Bertz CT molecular complexity index is 1930. The fourth-order valence-electron chi connectivity index (χ4n) is 5.37. The molecular formula is C36H36N4O2. The van der Waals surface area contributed by atoms with Crippen LogP contribution in [-0.2, 0) is 10.8 Å². The Morgan fingerprint density at radius 2 is 1.43 bits per heavy atom. The smallest absolute Gasteiger partial charge is 0.169 e. The minimum absolute atomic E-state index is 0.122. The molecule has 6 rings (SSSR count). The van der Waals surface area contributed by atoms with Crippen LogP contribution in [0.1, 0.15) is 52.7 Å². The van der Waals surface area contributed by atoms with E-state index in [4.69, 9.17) is 10.1 Å². The Kier molecular flexibility index (Phi) is 6.45. The molecule has 0 radical (unpaired) electrons. The van der Waals surface area contributed by atoms with Crippen LogP contribution in [0.4, 0.5) is 17.3 Å². The summed E-state index contributed by atoms with van der Waals surface area (Å²) >= 11 is 0. The van der Waals surface area contributed by atoms with Gasteiger partial charge in [0.15, 0.2) is 5.82 Å². The molecule has 0 saturated carbocycles. The van der Waals surface area contributed by atoms with E-state index in [-0.39, 0.29) is 22.3 Å². The molecule has 6 heteroatoms. The Balaban J connectivity index is 1.66. The molecule has 0 bridgehead atoms. The Morgan fingerprint density at radius 3 is 2.14 bits per heavy atom. The van der Waals surface area contributed by atoms with Crippen molar-refractivity contribution >= 4 is 39.1 Å². The van der Waals surface area contributed by atoms with Crippen molar-refractivity contribution in [2.24, 2.45) is 0 Å². The van der Waals surface area contributed by atoms with Gasteiger partial charge < -0.3 is 10.2 Å². The number of nitrogens with zero attached hydrogens (tertiary/aromatic N) is 4. The number of phenolic OH excluding ortho intramolecular Hbond substituents is 2. The number of aromatic nitrogens is 3. The summed E-state index contributed by atoms with van der Waals surface area (Å²) in [6.07, 6.45) is 0. The molecule has 0 unspecified atom stereocenters. The van der Waals surface area contributed by atoms with Gasteiger partial charge in [-0.1, -0.05) is 90.1 Å². The molecule has 0 fully saturated rings. The first kappa shape index (κ1) is 27.3. The van der Waals surface area contributed by atoms with Crippen molar-refractivity contribution in [1.29, 1.82) is 0 Å². The maximum absolute atomic E-state index is 11.7. The van der Waals surface area contributed by atoms with E-state index in [0.29, 0.717) is 22.8 Å². The highest BCUT2D eigenvalue weighted by atomic mass is 16.3. The van der Waals surface area contributed by atoms with Crippen LogP contribution in [0.3, 0.4) is 0 Å². The Morgan fingerprint density at radius 1 is 0.714 bits per heavy atom. The van der Waals surface area contributed by atoms with Crippen molar-refractivity contribution in [3.05, 3.63) is 108 Å². The molecule has 4 aromatic carbocycles. The molecule has 0 aliphatic heterocycles. The van der Waals surface area contributed by atoms with Crippen molar-refractivity contribution in [3.63, 3.8) is 0 Å². The molecule has 42 heavy (non-hydrogen) atoms. The lowest BCUT2D eigenvalue weighted by Gasteiger charge is -2.27. The topological polar surface area (TPSA) is 74.4 Å². The second-order valence-corrected chi connectivity index (χ2v) is 12.8. The van der Waals surface area contributed by atoms with E-state index in [1.807, 2.05) is 94.5 Å². The number of hydrogen-bond donors (Lipinski definition) is 2. The first-order valence-corrected chi connectivity index (χ1v) is 14.2. The first-order chi connectivity index (χ1) is 19.9. The second-order valence-electron chi connectivity index (χ2n) is 12.8. The molecular weight excluding hydrogens is 520 g/mol. The van der Waals surface area contributed by atoms with Crippen LogP contribution in [0, 0.1) is 0 Å². The van der Waals surface area contributed by atoms with Crippen LogP contribution in [0.15, 0.2) is 97.1 Å². The second kappa shape index (κ2) is 9.91. The third kappa shape index (κ3) is 4.73. The Hall–Kier alpha value is -4.84. The first-order valence-electron chi connectivity index (χ1n) is 14.2. The zero-order chi connectivity index (χ0) is 29.8. The minimum atomic E-state index is -0.279. The summed E-state index contributed by atoms with van der Waals surface area (Å²) in [5.74, 6) is 1.62. The quantitative estimate of drug-likeness (QED) is 0.227. The van der Waals surface area contributed by atoms with Crippen molar-refractivity contribution in [2.45, 2.75) is 52.4 Å². The zero-order valence-electron chi connectivity index (χ0n) is 24.9. The number of phenols is 2. The molecule has 0 saturated heterocycles. The third-order valence-electron chi connectivity index (χ3n) is 7.70. The van der Waals surface area contributed by atoms with Crippen molar-refractivity contribution in [1.82, 2.24) is 14.8 Å². The van der Waals surface area contributed by atoms with Crippen molar-refractivity contribution in [3.8, 4) is 17.2 Å². The van der Waals surface area contributed by atoms with Gasteiger partial charge >= 0.3 is 0 Å². The summed E-state index contributed by atoms with van der Waals surface area (Å²) in [4.78, 5) is 6.90. The van der Waals surface area contributed by atoms with Crippen LogP contribution < -0.4 is 4.90 Å². The van der Waals surface area contributed by atoms with Crippen molar-refractivity contribution < 1.29 is 10.2 Å². The number of benzene rings is 4. The average molecular weight is 557 g/mol. The fourth-order valence-corrected chi connectivity index (χ4v) is 5.37. The van der Waals surface area contributed by atoms with Gasteiger partial charge in [0, 0.05) is 22.0 Å². The van der Waals surface area contributed by atoms with E-state index in [1.165, 1.54) is 0 Å². The number of anilines is 3. The fraction of sp³-hybridized carbons (Fsp3) is 0.222. The number of fused-ring (bicyclic) bond motifs is 2. The maximum atomic E-state index is 11.7. The molecule has 6 aromatic rings. The third-order valence-corrected chi connectivity index (χ3v) is 7.70. The van der Waals surface area contributed by atoms with Gasteiger partial charge in [0.2, 0.25) is 0 Å². The molecule has 0 aliphatic rings. The van der Waals surface area contributed by atoms with E-state index < -0.39 is 0 Å². The van der Waals surface area contributed by atoms with Gasteiger partial charge in [-0.05, 0) is 64.9 Å². The van der Waals surface area contributed by atoms with Gasteiger partial charge in [-0.15, -0.1) is 5.10 Å². The molecule has 0 atom stereocenters. The van der Waals surface area contributed by atoms with Gasteiger partial charge in [0.1, 0.15) is 28.5 Å². The molecule has 6 nitrogen and oxygen atoms in total. The minimum Gasteiger partial charge on any atom is -0.506 e. The molecule has 2 heterocycles. The lowest BCUT2D eigenvalue weighted by atomic mass is 9.79. The van der Waals surface area contributed by atoms with E-state index in [2.05, 4.69) is 47.6 Å². The molecule has 2 aromatic heterocycles. The van der Waals surface area contributed by atoms with Crippen LogP contribution in [0.5, 0.6) is 11.5 Å². The maximum Gasteiger partial charge on any atom is 0.169 e. The number of pyridine rings is 1. The largest absolute Gasteiger partial charge is 0.506 e. The number of hydrogen-bond acceptors (Lipinski definition) is 5. The summed E-state index contributed by atoms with van der Waals surface area (Å²) < 4.78 is 1.85. The SMILES string of the molecule is CC(C)(C)c1cc(-n2nc(N(c3ccccc3)c3ccc4cccc(O)c4n3)c3ccccc32)c(O)c(C(C)(C)C)c1. The highest BCUT2D eigenvalue weighted by Crippen LogP contribution is 2.43. The molecule has 2 N–H and O–H groups in total. The Labute approximate surface area is 246 Å². The van der Waals surface area contributed by atoms with E-state index in [0.717, 1.165) is 33.1 Å². The normalized spacial score (nSPS) is 12.2. The number of aromatic hydroxyl groups is 2. The molecule has 0 aliphatic carbocycles. The molecule has 0 spiro atoms. The number of para-hydroxylation sites is 3. The van der Waals surface area contributed by atoms with Gasteiger partial charge in [0.25, 0.3) is 0 Å². The summed E-state index contributed by atoms with van der Waals surface area (Å²) in [5, 5.41) is 29.3. The standard InChI is InChI=1S/C36H36N4O2/c1-35(2,3)24-21-27(36(4,5)6)33(42)29(22-24)40-28-17-11-10-16-26(28)34(38-40)39(25-14-8-7-9-15-25)31-20-19-23-13-12-18-30(41)32(23)37-31/h7-22,41-42H,1-6H3. The molecule has 212 valence electrons. The van der Waals surface area contributed by atoms with E-state index >= 15 is 0 Å².